The van der Waals surface area contributed by atoms with E-state index in [2.05, 4.69) is 38.3 Å². The van der Waals surface area contributed by atoms with Crippen molar-refractivity contribution in [1.29, 1.82) is 0 Å². The lowest BCUT2D eigenvalue weighted by Crippen LogP contribution is -3.03. The Balaban J connectivity index is 2.08. The number of esters is 1. The summed E-state index contributed by atoms with van der Waals surface area (Å²) in [6.07, 6.45) is 0.755. The van der Waals surface area contributed by atoms with Gasteiger partial charge in [0.05, 0.1) is 27.5 Å². The first-order valence-electron chi connectivity index (χ1n) is 8.70. The smallest absolute Gasteiger partial charge is 0.341 e. The zero-order chi connectivity index (χ0) is 19.1. The van der Waals surface area contributed by atoms with Gasteiger partial charge in [0.2, 0.25) is 0 Å². The number of nitrogens with one attached hydrogen (secondary N) is 1. The predicted octanol–water partition coefficient (Wildman–Crippen LogP) is 3.37. The topological polar surface area (TPSA) is 72.0 Å². The standard InChI is InChI=1S/C19H24N2O3S2/c1-6-24-17(23)13-11-10-18(2,3)21-19(4,5)14(11)26-16(13)20-15(22)12-8-7-9-25-12/h7-9,21H,6,10H2,1-5H3,(H,20,22)/p+1. The fourth-order valence-corrected chi connectivity index (χ4v) is 5.68. The summed E-state index contributed by atoms with van der Waals surface area (Å²) in [6, 6.07) is 3.62. The summed E-state index contributed by atoms with van der Waals surface area (Å²) in [5, 5.41) is 7.73. The van der Waals surface area contributed by atoms with E-state index >= 15 is 0 Å². The highest BCUT2D eigenvalue weighted by atomic mass is 32.1. The van der Waals surface area contributed by atoms with E-state index < -0.39 is 0 Å². The largest absolute Gasteiger partial charge is 0.462 e. The average molecular weight is 394 g/mol. The first-order valence-corrected chi connectivity index (χ1v) is 10.4. The maximum absolute atomic E-state index is 12.7. The van der Waals surface area contributed by atoms with Gasteiger partial charge in [-0.1, -0.05) is 6.07 Å². The van der Waals surface area contributed by atoms with Crippen LogP contribution in [0.25, 0.3) is 0 Å². The SMILES string of the molecule is CCOC(=O)c1c(NC(=O)c2cccs2)sc2c1CC(C)(C)[NH2+]C2(C)C. The summed E-state index contributed by atoms with van der Waals surface area (Å²) in [6.45, 7) is 10.8. The Labute approximate surface area is 161 Å². The van der Waals surface area contributed by atoms with E-state index in [1.165, 1.54) is 22.7 Å². The fourth-order valence-electron chi connectivity index (χ4n) is 3.78. The Morgan fingerprint density at radius 3 is 2.65 bits per heavy atom. The van der Waals surface area contributed by atoms with Crippen LogP contribution in [-0.4, -0.2) is 24.0 Å². The Morgan fingerprint density at radius 1 is 1.31 bits per heavy atom. The van der Waals surface area contributed by atoms with Crippen LogP contribution < -0.4 is 10.6 Å². The lowest BCUT2D eigenvalue weighted by atomic mass is 9.81. The van der Waals surface area contributed by atoms with Gasteiger partial charge >= 0.3 is 5.97 Å². The van der Waals surface area contributed by atoms with Gasteiger partial charge in [0.1, 0.15) is 10.5 Å². The van der Waals surface area contributed by atoms with E-state index in [9.17, 15) is 9.59 Å². The molecule has 0 spiro atoms. The molecule has 2 aromatic heterocycles. The Hall–Kier alpha value is -1.70. The van der Waals surface area contributed by atoms with Gasteiger partial charge in [-0.3, -0.25) is 4.79 Å². The maximum Gasteiger partial charge on any atom is 0.341 e. The van der Waals surface area contributed by atoms with Crippen LogP contribution in [-0.2, 0) is 16.7 Å². The summed E-state index contributed by atoms with van der Waals surface area (Å²) in [4.78, 5) is 27.0. The second-order valence-electron chi connectivity index (χ2n) is 7.80. The zero-order valence-corrected chi connectivity index (χ0v) is 17.4. The third kappa shape index (κ3) is 3.56. The molecule has 1 aliphatic rings. The molecule has 7 heteroatoms. The van der Waals surface area contributed by atoms with Crippen LogP contribution in [0.5, 0.6) is 0 Å². The lowest BCUT2D eigenvalue weighted by Gasteiger charge is -2.38. The van der Waals surface area contributed by atoms with Crippen molar-refractivity contribution >= 4 is 39.6 Å². The molecule has 2 aromatic rings. The van der Waals surface area contributed by atoms with Gasteiger partial charge in [0.15, 0.2) is 0 Å². The molecule has 0 unspecified atom stereocenters. The number of rotatable bonds is 4. The van der Waals surface area contributed by atoms with E-state index in [4.69, 9.17) is 4.74 Å². The molecule has 0 radical (unpaired) electrons. The fraction of sp³-hybridized carbons (Fsp3) is 0.474. The number of thiophene rings is 2. The molecule has 0 aromatic carbocycles. The van der Waals surface area contributed by atoms with Crippen LogP contribution in [0.3, 0.4) is 0 Å². The molecule has 26 heavy (non-hydrogen) atoms. The molecule has 0 saturated carbocycles. The lowest BCUT2D eigenvalue weighted by molar-refractivity contribution is -0.789. The summed E-state index contributed by atoms with van der Waals surface area (Å²) in [7, 11) is 0. The van der Waals surface area contributed by atoms with Crippen molar-refractivity contribution in [3.63, 3.8) is 0 Å². The molecular weight excluding hydrogens is 368 g/mol. The minimum absolute atomic E-state index is 0.0339. The summed E-state index contributed by atoms with van der Waals surface area (Å²) < 4.78 is 5.31. The van der Waals surface area contributed by atoms with Crippen LogP contribution in [0.2, 0.25) is 0 Å². The second-order valence-corrected chi connectivity index (χ2v) is 9.77. The first-order chi connectivity index (χ1) is 12.1. The number of carbonyl (C=O) groups excluding carboxylic acids is 2. The van der Waals surface area contributed by atoms with Gasteiger partial charge in [-0.2, -0.15) is 0 Å². The summed E-state index contributed by atoms with van der Waals surface area (Å²) in [5.41, 5.74) is 1.32. The van der Waals surface area contributed by atoms with Crippen molar-refractivity contribution in [3.05, 3.63) is 38.4 Å². The number of quaternary nitrogens is 1. The van der Waals surface area contributed by atoms with Crippen LogP contribution >= 0.6 is 22.7 Å². The minimum Gasteiger partial charge on any atom is -0.462 e. The highest BCUT2D eigenvalue weighted by molar-refractivity contribution is 7.17. The van der Waals surface area contributed by atoms with Crippen LogP contribution in [0.4, 0.5) is 5.00 Å². The van der Waals surface area contributed by atoms with E-state index in [1.807, 2.05) is 11.4 Å². The van der Waals surface area contributed by atoms with Crippen LogP contribution in [0.15, 0.2) is 17.5 Å². The van der Waals surface area contributed by atoms with Crippen molar-refractivity contribution in [3.8, 4) is 0 Å². The van der Waals surface area contributed by atoms with Crippen molar-refractivity contribution < 1.29 is 19.6 Å². The minimum atomic E-state index is -0.361. The predicted molar refractivity (Wildman–Crippen MR) is 105 cm³/mol. The maximum atomic E-state index is 12.7. The summed E-state index contributed by atoms with van der Waals surface area (Å²) in [5.74, 6) is -0.551. The number of nitrogens with two attached hydrogens (primary N) is 1. The molecule has 0 bridgehead atoms. The monoisotopic (exact) mass is 393 g/mol. The Bertz CT molecular complexity index is 835. The summed E-state index contributed by atoms with van der Waals surface area (Å²) >= 11 is 2.87. The van der Waals surface area contributed by atoms with E-state index in [0.29, 0.717) is 22.0 Å². The van der Waals surface area contributed by atoms with Gasteiger partial charge in [0.25, 0.3) is 5.91 Å². The van der Waals surface area contributed by atoms with E-state index in [-0.39, 0.29) is 23.0 Å². The molecule has 0 aliphatic carbocycles. The molecule has 3 N–H and O–H groups in total. The van der Waals surface area contributed by atoms with Crippen molar-refractivity contribution in [2.24, 2.45) is 0 Å². The third-order valence-electron chi connectivity index (χ3n) is 4.43. The number of fused-ring (bicyclic) bond motifs is 1. The van der Waals surface area contributed by atoms with E-state index in [1.54, 1.807) is 13.0 Å². The van der Waals surface area contributed by atoms with Crippen molar-refractivity contribution in [2.45, 2.75) is 52.1 Å². The molecule has 3 heterocycles. The van der Waals surface area contributed by atoms with Gasteiger partial charge < -0.3 is 15.4 Å². The average Bonchev–Trinajstić information content (AvgIpc) is 3.13. The normalized spacial score (nSPS) is 17.4. The van der Waals surface area contributed by atoms with E-state index in [0.717, 1.165) is 16.9 Å². The molecule has 0 saturated heterocycles. The van der Waals surface area contributed by atoms with Gasteiger partial charge in [-0.05, 0) is 51.6 Å². The quantitative estimate of drug-likeness (QED) is 0.783. The Morgan fingerprint density at radius 2 is 2.04 bits per heavy atom. The second kappa shape index (κ2) is 6.79. The molecule has 0 atom stereocenters. The number of ether oxygens (including phenoxy) is 1. The van der Waals surface area contributed by atoms with Gasteiger partial charge in [-0.25, -0.2) is 4.79 Å². The molecule has 0 fully saturated rings. The highest BCUT2D eigenvalue weighted by Gasteiger charge is 2.45. The number of hydrogen-bond acceptors (Lipinski definition) is 5. The molecule has 1 aliphatic heterocycles. The Kier molecular flexibility index (Phi) is 4.98. The molecule has 5 nitrogen and oxygen atoms in total. The van der Waals surface area contributed by atoms with Crippen molar-refractivity contribution in [2.75, 3.05) is 11.9 Å². The van der Waals surface area contributed by atoms with Crippen LogP contribution in [0.1, 0.15) is 65.1 Å². The number of carbonyl (C=O) groups is 2. The number of hydrogen-bond donors (Lipinski definition) is 2. The highest BCUT2D eigenvalue weighted by Crippen LogP contribution is 2.42. The van der Waals surface area contributed by atoms with Crippen molar-refractivity contribution in [1.82, 2.24) is 0 Å². The van der Waals surface area contributed by atoms with Crippen LogP contribution in [0, 0.1) is 0 Å². The molecule has 140 valence electrons. The molecular formula is C19H25N2O3S2+. The van der Waals surface area contributed by atoms with Gasteiger partial charge in [-0.15, -0.1) is 22.7 Å². The molecule has 3 rings (SSSR count). The third-order valence-corrected chi connectivity index (χ3v) is 6.78. The first kappa shape index (κ1) is 19.1. The molecule has 1 amide bonds. The number of amides is 1. The zero-order valence-electron chi connectivity index (χ0n) is 15.8. The van der Waals surface area contributed by atoms with Gasteiger partial charge in [0, 0.05) is 6.42 Å². The number of anilines is 1.